The van der Waals surface area contributed by atoms with Crippen LogP contribution >= 0.6 is 0 Å². The maximum atomic E-state index is 5.76. The standard InChI is InChI=1S/C15H18N2O/c1-11-9-17(10-12(2)18-11)14-7-13-5-3-4-6-15(13)16-8-14/h3-8,11-12H,9-10H2,1-2H3. The second-order valence-electron chi connectivity index (χ2n) is 5.05. The lowest BCUT2D eigenvalue weighted by molar-refractivity contribution is -0.00522. The van der Waals surface area contributed by atoms with Crippen molar-refractivity contribution in [3.8, 4) is 0 Å². The molecule has 94 valence electrons. The van der Waals surface area contributed by atoms with Crippen molar-refractivity contribution in [2.24, 2.45) is 0 Å². The molecule has 18 heavy (non-hydrogen) atoms. The molecule has 1 aromatic heterocycles. The molecular weight excluding hydrogens is 224 g/mol. The molecule has 0 amide bonds. The quantitative estimate of drug-likeness (QED) is 0.769. The molecule has 2 heterocycles. The molecule has 2 unspecified atom stereocenters. The Labute approximate surface area is 107 Å². The molecule has 3 rings (SSSR count). The molecular formula is C15H18N2O. The molecule has 0 N–H and O–H groups in total. The van der Waals surface area contributed by atoms with Crippen molar-refractivity contribution in [3.63, 3.8) is 0 Å². The van der Waals surface area contributed by atoms with Crippen LogP contribution in [0.3, 0.4) is 0 Å². The summed E-state index contributed by atoms with van der Waals surface area (Å²) in [7, 11) is 0. The van der Waals surface area contributed by atoms with Crippen molar-refractivity contribution < 1.29 is 4.74 Å². The molecule has 1 saturated heterocycles. The Morgan fingerprint density at radius 2 is 1.89 bits per heavy atom. The minimum atomic E-state index is 0.278. The van der Waals surface area contributed by atoms with Crippen molar-refractivity contribution in [2.45, 2.75) is 26.1 Å². The Hall–Kier alpha value is -1.61. The van der Waals surface area contributed by atoms with Gasteiger partial charge in [0, 0.05) is 18.5 Å². The lowest BCUT2D eigenvalue weighted by atomic mass is 10.1. The van der Waals surface area contributed by atoms with E-state index in [4.69, 9.17) is 4.74 Å². The highest BCUT2D eigenvalue weighted by Crippen LogP contribution is 2.23. The van der Waals surface area contributed by atoms with Gasteiger partial charge >= 0.3 is 0 Å². The number of benzene rings is 1. The summed E-state index contributed by atoms with van der Waals surface area (Å²) in [6, 6.07) is 10.4. The van der Waals surface area contributed by atoms with E-state index in [1.54, 1.807) is 0 Å². The highest BCUT2D eigenvalue weighted by atomic mass is 16.5. The zero-order valence-electron chi connectivity index (χ0n) is 10.8. The number of hydrogen-bond acceptors (Lipinski definition) is 3. The Kier molecular flexibility index (Phi) is 2.92. The predicted molar refractivity (Wildman–Crippen MR) is 74.0 cm³/mol. The summed E-state index contributed by atoms with van der Waals surface area (Å²) in [5.41, 5.74) is 2.24. The van der Waals surface area contributed by atoms with E-state index in [0.29, 0.717) is 0 Å². The van der Waals surface area contributed by atoms with Crippen molar-refractivity contribution in [1.82, 2.24) is 4.98 Å². The zero-order valence-corrected chi connectivity index (χ0v) is 10.8. The predicted octanol–water partition coefficient (Wildman–Crippen LogP) is 2.85. The van der Waals surface area contributed by atoms with Gasteiger partial charge < -0.3 is 9.64 Å². The number of pyridine rings is 1. The van der Waals surface area contributed by atoms with Crippen LogP contribution in [0.1, 0.15) is 13.8 Å². The third kappa shape index (κ3) is 2.18. The van der Waals surface area contributed by atoms with Crippen LogP contribution in [0.5, 0.6) is 0 Å². The van der Waals surface area contributed by atoms with Gasteiger partial charge in [-0.2, -0.15) is 0 Å². The third-order valence-electron chi connectivity index (χ3n) is 3.36. The largest absolute Gasteiger partial charge is 0.372 e. The van der Waals surface area contributed by atoms with Gasteiger partial charge in [-0.05, 0) is 26.0 Å². The Bertz CT molecular complexity index is 545. The first-order valence-corrected chi connectivity index (χ1v) is 6.47. The Morgan fingerprint density at radius 1 is 1.17 bits per heavy atom. The SMILES string of the molecule is CC1CN(c2cnc3ccccc3c2)CC(C)O1. The summed E-state index contributed by atoms with van der Waals surface area (Å²) in [5, 5.41) is 1.20. The third-order valence-corrected chi connectivity index (χ3v) is 3.36. The lowest BCUT2D eigenvalue weighted by Gasteiger charge is -2.36. The fourth-order valence-corrected chi connectivity index (χ4v) is 2.62. The van der Waals surface area contributed by atoms with Crippen LogP contribution in [0.4, 0.5) is 5.69 Å². The van der Waals surface area contributed by atoms with Gasteiger partial charge in [-0.1, -0.05) is 18.2 Å². The van der Waals surface area contributed by atoms with Crippen LogP contribution in [0.25, 0.3) is 10.9 Å². The maximum Gasteiger partial charge on any atom is 0.0726 e. The number of morpholine rings is 1. The van der Waals surface area contributed by atoms with Crippen LogP contribution < -0.4 is 4.90 Å². The van der Waals surface area contributed by atoms with Gasteiger partial charge in [-0.25, -0.2) is 0 Å². The number of ether oxygens (including phenoxy) is 1. The van der Waals surface area contributed by atoms with Crippen LogP contribution in [0.2, 0.25) is 0 Å². The smallest absolute Gasteiger partial charge is 0.0726 e. The van der Waals surface area contributed by atoms with E-state index in [1.807, 2.05) is 18.3 Å². The second-order valence-corrected chi connectivity index (χ2v) is 5.05. The average molecular weight is 242 g/mol. The summed E-state index contributed by atoms with van der Waals surface area (Å²) >= 11 is 0. The molecule has 0 saturated carbocycles. The molecule has 0 spiro atoms. The van der Waals surface area contributed by atoms with Crippen molar-refractivity contribution in [1.29, 1.82) is 0 Å². The molecule has 1 aromatic carbocycles. The van der Waals surface area contributed by atoms with Gasteiger partial charge in [0.25, 0.3) is 0 Å². The highest BCUT2D eigenvalue weighted by Gasteiger charge is 2.22. The van der Waals surface area contributed by atoms with E-state index in [9.17, 15) is 0 Å². The number of nitrogens with zero attached hydrogens (tertiary/aromatic N) is 2. The summed E-state index contributed by atoms with van der Waals surface area (Å²) < 4.78 is 5.76. The van der Waals surface area contributed by atoms with E-state index in [2.05, 4.69) is 41.9 Å². The number of anilines is 1. The number of fused-ring (bicyclic) bond motifs is 1. The summed E-state index contributed by atoms with van der Waals surface area (Å²) in [6.45, 7) is 6.11. The normalized spacial score (nSPS) is 24.4. The molecule has 0 aliphatic carbocycles. The fraction of sp³-hybridized carbons (Fsp3) is 0.400. The topological polar surface area (TPSA) is 25.4 Å². The van der Waals surface area contributed by atoms with Crippen molar-refractivity contribution in [2.75, 3.05) is 18.0 Å². The number of hydrogen-bond donors (Lipinski definition) is 0. The van der Waals surface area contributed by atoms with Crippen LogP contribution in [0, 0.1) is 0 Å². The molecule has 0 bridgehead atoms. The fourth-order valence-electron chi connectivity index (χ4n) is 2.62. The molecule has 1 fully saturated rings. The molecule has 2 atom stereocenters. The minimum absolute atomic E-state index is 0.278. The highest BCUT2D eigenvalue weighted by molar-refractivity contribution is 5.81. The number of rotatable bonds is 1. The molecule has 3 heteroatoms. The first-order valence-electron chi connectivity index (χ1n) is 6.47. The zero-order chi connectivity index (χ0) is 12.5. The van der Waals surface area contributed by atoms with Crippen LogP contribution in [-0.4, -0.2) is 30.3 Å². The molecule has 0 radical (unpaired) electrons. The first-order chi connectivity index (χ1) is 8.72. The lowest BCUT2D eigenvalue weighted by Crippen LogP contribution is -2.45. The van der Waals surface area contributed by atoms with Gasteiger partial charge in [-0.3, -0.25) is 4.98 Å². The Morgan fingerprint density at radius 3 is 2.67 bits per heavy atom. The van der Waals surface area contributed by atoms with Crippen molar-refractivity contribution in [3.05, 3.63) is 36.5 Å². The van der Waals surface area contributed by atoms with Gasteiger partial charge in [0.1, 0.15) is 0 Å². The first kappa shape index (κ1) is 11.5. The van der Waals surface area contributed by atoms with Gasteiger partial charge in [0.2, 0.25) is 0 Å². The van der Waals surface area contributed by atoms with E-state index in [-0.39, 0.29) is 12.2 Å². The molecule has 2 aromatic rings. The van der Waals surface area contributed by atoms with Gasteiger partial charge in [0.05, 0.1) is 29.6 Å². The van der Waals surface area contributed by atoms with Crippen molar-refractivity contribution >= 4 is 16.6 Å². The summed E-state index contributed by atoms with van der Waals surface area (Å²) in [4.78, 5) is 6.88. The van der Waals surface area contributed by atoms with Crippen LogP contribution in [0.15, 0.2) is 36.5 Å². The Balaban J connectivity index is 1.93. The maximum absolute atomic E-state index is 5.76. The molecule has 1 aliphatic heterocycles. The van der Waals surface area contributed by atoms with E-state index < -0.39 is 0 Å². The van der Waals surface area contributed by atoms with E-state index in [1.165, 1.54) is 11.1 Å². The summed E-state index contributed by atoms with van der Waals surface area (Å²) in [5.74, 6) is 0. The molecule has 1 aliphatic rings. The molecule has 3 nitrogen and oxygen atoms in total. The van der Waals surface area contributed by atoms with Gasteiger partial charge in [-0.15, -0.1) is 0 Å². The number of para-hydroxylation sites is 1. The van der Waals surface area contributed by atoms with Gasteiger partial charge in [0.15, 0.2) is 0 Å². The van der Waals surface area contributed by atoms with Crippen LogP contribution in [-0.2, 0) is 4.74 Å². The summed E-state index contributed by atoms with van der Waals surface area (Å²) in [6.07, 6.45) is 2.52. The minimum Gasteiger partial charge on any atom is -0.372 e. The number of aromatic nitrogens is 1. The monoisotopic (exact) mass is 242 g/mol. The van der Waals surface area contributed by atoms with E-state index in [0.717, 1.165) is 18.6 Å². The van der Waals surface area contributed by atoms with E-state index >= 15 is 0 Å². The second kappa shape index (κ2) is 4.58. The average Bonchev–Trinajstić information content (AvgIpc) is 2.37.